The summed E-state index contributed by atoms with van der Waals surface area (Å²) in [6.07, 6.45) is 3.67. The molecule has 1 aromatic heterocycles. The van der Waals surface area contributed by atoms with Crippen molar-refractivity contribution in [3.63, 3.8) is 0 Å². The molecule has 11 heteroatoms. The van der Waals surface area contributed by atoms with Gasteiger partial charge in [-0.25, -0.2) is 8.42 Å². The number of ether oxygens (including phenoxy) is 1. The molecule has 1 aliphatic heterocycles. The molecule has 0 spiro atoms. The minimum absolute atomic E-state index is 0.0921. The number of rotatable bonds is 11. The first-order chi connectivity index (χ1) is 17.0. The van der Waals surface area contributed by atoms with Gasteiger partial charge in [0.2, 0.25) is 11.8 Å². The lowest BCUT2D eigenvalue weighted by Gasteiger charge is -2.24. The van der Waals surface area contributed by atoms with Crippen molar-refractivity contribution in [2.45, 2.75) is 45.2 Å². The molecule has 1 fully saturated rings. The van der Waals surface area contributed by atoms with Gasteiger partial charge < -0.3 is 25.7 Å². The average molecular weight is 519 g/mol. The van der Waals surface area contributed by atoms with E-state index in [1.165, 1.54) is 6.08 Å². The molecule has 10 nitrogen and oxygen atoms in total. The first-order valence-corrected chi connectivity index (χ1v) is 13.8. The van der Waals surface area contributed by atoms with Crippen molar-refractivity contribution in [1.82, 2.24) is 20.9 Å². The van der Waals surface area contributed by atoms with E-state index in [2.05, 4.69) is 20.9 Å². The maximum Gasteiger partial charge on any atom is 0.268 e. The van der Waals surface area contributed by atoms with Gasteiger partial charge in [0, 0.05) is 41.1 Å². The summed E-state index contributed by atoms with van der Waals surface area (Å²) in [6, 6.07) is 5.54. The van der Waals surface area contributed by atoms with Gasteiger partial charge in [-0.1, -0.05) is 26.0 Å². The van der Waals surface area contributed by atoms with Crippen LogP contribution in [0.3, 0.4) is 0 Å². The molecule has 2 aromatic rings. The van der Waals surface area contributed by atoms with Crippen LogP contribution in [0.15, 0.2) is 35.7 Å². The molecule has 3 amide bonds. The summed E-state index contributed by atoms with van der Waals surface area (Å²) >= 11 is 0. The third kappa shape index (κ3) is 7.33. The Morgan fingerprint density at radius 2 is 2.00 bits per heavy atom. The van der Waals surface area contributed by atoms with Crippen LogP contribution >= 0.6 is 0 Å². The van der Waals surface area contributed by atoms with Crippen LogP contribution in [0.5, 0.6) is 5.75 Å². The third-order valence-corrected chi connectivity index (χ3v) is 6.66. The van der Waals surface area contributed by atoms with Crippen LogP contribution < -0.4 is 20.7 Å². The number of hydrogen-bond donors (Lipinski definition) is 4. The molecule has 2 heterocycles. The maximum absolute atomic E-state index is 13.3. The molecular weight excluding hydrogens is 484 g/mol. The topological polar surface area (TPSA) is 146 Å². The molecular formula is C25H34N4O6S. The number of carbonyl (C=O) groups excluding carboxylic acids is 3. The minimum atomic E-state index is -3.43. The molecule has 1 aliphatic rings. The molecule has 1 saturated heterocycles. The van der Waals surface area contributed by atoms with Gasteiger partial charge in [-0.15, -0.1) is 0 Å². The highest BCUT2D eigenvalue weighted by Gasteiger charge is 2.30. The smallest absolute Gasteiger partial charge is 0.268 e. The van der Waals surface area contributed by atoms with E-state index in [0.29, 0.717) is 25.1 Å². The minimum Gasteiger partial charge on any atom is -0.496 e. The van der Waals surface area contributed by atoms with Gasteiger partial charge in [-0.05, 0) is 43.4 Å². The van der Waals surface area contributed by atoms with E-state index in [-0.39, 0.29) is 29.9 Å². The molecule has 0 bridgehead atoms. The monoisotopic (exact) mass is 518 g/mol. The van der Waals surface area contributed by atoms with Crippen molar-refractivity contribution in [2.75, 3.05) is 19.9 Å². The van der Waals surface area contributed by atoms with E-state index >= 15 is 0 Å². The van der Waals surface area contributed by atoms with Gasteiger partial charge in [-0.2, -0.15) is 0 Å². The summed E-state index contributed by atoms with van der Waals surface area (Å²) in [5, 5.41) is 10.1. The second-order valence-electron chi connectivity index (χ2n) is 9.55. The number of amides is 3. The van der Waals surface area contributed by atoms with Crippen molar-refractivity contribution in [3.05, 3.63) is 41.4 Å². The van der Waals surface area contributed by atoms with Gasteiger partial charge >= 0.3 is 0 Å². The number of sulfone groups is 1. The van der Waals surface area contributed by atoms with Gasteiger partial charge in [0.1, 0.15) is 17.5 Å². The zero-order chi connectivity index (χ0) is 26.5. The van der Waals surface area contributed by atoms with Crippen molar-refractivity contribution in [1.29, 1.82) is 0 Å². The summed E-state index contributed by atoms with van der Waals surface area (Å²) < 4.78 is 28.7. The van der Waals surface area contributed by atoms with Crippen molar-refractivity contribution >= 4 is 38.5 Å². The number of aromatic nitrogens is 1. The zero-order valence-corrected chi connectivity index (χ0v) is 21.8. The predicted molar refractivity (Wildman–Crippen MR) is 137 cm³/mol. The predicted octanol–water partition coefficient (Wildman–Crippen LogP) is 1.89. The van der Waals surface area contributed by atoms with E-state index in [1.807, 2.05) is 26.0 Å². The van der Waals surface area contributed by atoms with Gasteiger partial charge in [0.25, 0.3) is 5.91 Å². The second-order valence-corrected chi connectivity index (χ2v) is 11.5. The molecule has 0 aliphatic carbocycles. The Bertz CT molecular complexity index is 1250. The number of aromatic amines is 1. The molecule has 2 unspecified atom stereocenters. The van der Waals surface area contributed by atoms with Gasteiger partial charge in [-0.3, -0.25) is 14.4 Å². The van der Waals surface area contributed by atoms with Crippen molar-refractivity contribution in [3.8, 4) is 5.75 Å². The molecule has 3 rings (SSSR count). The number of fused-ring (bicyclic) bond motifs is 1. The summed E-state index contributed by atoms with van der Waals surface area (Å²) in [5.41, 5.74) is 1.01. The Balaban J connectivity index is 1.78. The van der Waals surface area contributed by atoms with Crippen LogP contribution in [-0.4, -0.2) is 63.1 Å². The fourth-order valence-corrected chi connectivity index (χ4v) is 4.72. The standard InChI is InChI=1S/C25H34N4O6S/c1-15(2)12-20(29-25(32)21-14-18-19(28-21)6-5-7-22(18)35-3)24(31)27-17(9-11-36(4,33)34)13-16-8-10-26-23(16)30/h5-7,9,11,14-17,20,28H,8,10,12-13H2,1-4H3,(H,26,30)(H,27,31)(H,29,32)/b11-9+/t16-,17?,20?/m0/s1. The number of benzene rings is 1. The largest absolute Gasteiger partial charge is 0.496 e. The number of carbonyl (C=O) groups is 3. The zero-order valence-electron chi connectivity index (χ0n) is 21.0. The number of methoxy groups -OCH3 is 1. The number of nitrogens with one attached hydrogen (secondary N) is 4. The highest BCUT2D eigenvalue weighted by molar-refractivity contribution is 7.93. The number of hydrogen-bond acceptors (Lipinski definition) is 6. The fraction of sp³-hybridized carbons (Fsp3) is 0.480. The molecule has 196 valence electrons. The Labute approximate surface area is 211 Å². The summed E-state index contributed by atoms with van der Waals surface area (Å²) in [5.74, 6) is -0.646. The Morgan fingerprint density at radius 3 is 2.61 bits per heavy atom. The van der Waals surface area contributed by atoms with E-state index in [0.717, 1.165) is 22.6 Å². The first kappa shape index (κ1) is 27.3. The van der Waals surface area contributed by atoms with Crippen LogP contribution in [0.4, 0.5) is 0 Å². The van der Waals surface area contributed by atoms with Gasteiger partial charge in [0.05, 0.1) is 7.11 Å². The maximum atomic E-state index is 13.3. The van der Waals surface area contributed by atoms with Crippen LogP contribution in [0.1, 0.15) is 43.6 Å². The Hall–Kier alpha value is -3.34. The van der Waals surface area contributed by atoms with Gasteiger partial charge in [0.15, 0.2) is 9.84 Å². The van der Waals surface area contributed by atoms with E-state index in [9.17, 15) is 22.8 Å². The Kier molecular flexibility index (Phi) is 8.78. The van der Waals surface area contributed by atoms with Crippen molar-refractivity contribution in [2.24, 2.45) is 11.8 Å². The third-order valence-electron chi connectivity index (χ3n) is 6.00. The molecule has 0 saturated carbocycles. The van der Waals surface area contributed by atoms with Crippen molar-refractivity contribution < 1.29 is 27.5 Å². The van der Waals surface area contributed by atoms with Crippen LogP contribution in [0, 0.1) is 11.8 Å². The number of H-pyrrole nitrogens is 1. The molecule has 1 aromatic carbocycles. The van der Waals surface area contributed by atoms with Crippen LogP contribution in [0.25, 0.3) is 10.9 Å². The fourth-order valence-electron chi connectivity index (χ4n) is 4.25. The summed E-state index contributed by atoms with van der Waals surface area (Å²) in [6.45, 7) is 4.41. The summed E-state index contributed by atoms with van der Waals surface area (Å²) in [7, 11) is -1.88. The first-order valence-electron chi connectivity index (χ1n) is 11.9. The Morgan fingerprint density at radius 1 is 1.25 bits per heavy atom. The second kappa shape index (κ2) is 11.6. The lowest BCUT2D eigenvalue weighted by Crippen LogP contribution is -2.50. The van der Waals surface area contributed by atoms with Crippen LogP contribution in [-0.2, 0) is 19.4 Å². The lowest BCUT2D eigenvalue weighted by molar-refractivity contribution is -0.125. The van der Waals surface area contributed by atoms with E-state index in [1.54, 1.807) is 19.2 Å². The van der Waals surface area contributed by atoms with E-state index in [4.69, 9.17) is 4.74 Å². The van der Waals surface area contributed by atoms with Crippen LogP contribution in [0.2, 0.25) is 0 Å². The molecule has 36 heavy (non-hydrogen) atoms. The average Bonchev–Trinajstić information content (AvgIpc) is 3.42. The highest BCUT2D eigenvalue weighted by atomic mass is 32.2. The summed E-state index contributed by atoms with van der Waals surface area (Å²) in [4.78, 5) is 41.4. The molecule has 0 radical (unpaired) electrons. The van der Waals surface area contributed by atoms with E-state index < -0.39 is 33.7 Å². The lowest BCUT2D eigenvalue weighted by atomic mass is 9.97. The highest BCUT2D eigenvalue weighted by Crippen LogP contribution is 2.26. The quantitative estimate of drug-likeness (QED) is 0.357. The SMILES string of the molecule is COc1cccc2[nH]c(C(=O)NC(CC(C)C)C(=O)NC(/C=C/S(C)(=O)=O)C[C@@H]3CCNC3=O)cc12. The molecule has 3 atom stereocenters. The normalized spacial score (nSPS) is 17.8. The molecule has 4 N–H and O–H groups in total.